The molecular formula is C34H37N5O8. The van der Waals surface area contributed by atoms with Crippen LogP contribution < -0.4 is 20.7 Å². The minimum Gasteiger partial charge on any atom is -0.473 e. The quantitative estimate of drug-likeness (QED) is 0.292. The number of hydrogen-bond acceptors (Lipinski definition) is 11. The third kappa shape index (κ3) is 4.82. The number of methoxy groups -OCH3 is 1. The Kier molecular flexibility index (Phi) is 7.46. The van der Waals surface area contributed by atoms with Crippen LogP contribution in [-0.4, -0.2) is 71.9 Å². The minimum atomic E-state index is -1.29. The Bertz CT molecular complexity index is 1800. The van der Waals surface area contributed by atoms with Crippen LogP contribution in [0.5, 0.6) is 5.75 Å². The van der Waals surface area contributed by atoms with Crippen LogP contribution in [-0.2, 0) is 35.7 Å². The summed E-state index contributed by atoms with van der Waals surface area (Å²) in [5.41, 5.74) is 2.43. The van der Waals surface area contributed by atoms with Gasteiger partial charge in [0, 0.05) is 17.7 Å². The highest BCUT2D eigenvalue weighted by atomic mass is 16.5. The molecule has 47 heavy (non-hydrogen) atoms. The lowest BCUT2D eigenvalue weighted by Crippen LogP contribution is -2.52. The molecule has 0 saturated heterocycles. The number of carbonyl (C=O) groups is 3. The summed E-state index contributed by atoms with van der Waals surface area (Å²) in [6.07, 6.45) is -1.79. The summed E-state index contributed by atoms with van der Waals surface area (Å²) in [4.78, 5) is 48.9. The molecule has 6 atom stereocenters. The molecular weight excluding hydrogens is 606 g/mol. The topological polar surface area (TPSA) is 174 Å². The SMILES string of the molecule is COC(=O)[C@H]1COC(c2nc3oc2C24c5ccccc5N[C@H]2Oc2ccc(cc24)C[C@H](NC(=O)[C@@H](O)C(C)C)C(=O)N[C@H]3C(C)C)=N1. The van der Waals surface area contributed by atoms with E-state index in [9.17, 15) is 19.5 Å². The number of benzene rings is 2. The van der Waals surface area contributed by atoms with E-state index >= 15 is 0 Å². The number of aliphatic imine (C=N–C) groups is 1. The molecule has 0 fully saturated rings. The van der Waals surface area contributed by atoms with Crippen molar-refractivity contribution in [2.75, 3.05) is 19.0 Å². The Morgan fingerprint density at radius 1 is 1.11 bits per heavy atom. The lowest BCUT2D eigenvalue weighted by Gasteiger charge is -2.29. The zero-order valence-electron chi connectivity index (χ0n) is 26.7. The molecule has 1 spiro atoms. The third-order valence-corrected chi connectivity index (χ3v) is 9.28. The van der Waals surface area contributed by atoms with Crippen molar-refractivity contribution >= 4 is 29.4 Å². The maximum Gasteiger partial charge on any atom is 0.334 e. The summed E-state index contributed by atoms with van der Waals surface area (Å²) < 4.78 is 24.2. The summed E-state index contributed by atoms with van der Waals surface area (Å²) in [7, 11) is 1.29. The number of hydrogen-bond donors (Lipinski definition) is 4. The predicted octanol–water partition coefficient (Wildman–Crippen LogP) is 2.34. The van der Waals surface area contributed by atoms with Crippen molar-refractivity contribution in [1.29, 1.82) is 0 Å². The molecule has 2 aromatic carbocycles. The van der Waals surface area contributed by atoms with Gasteiger partial charge >= 0.3 is 5.97 Å². The van der Waals surface area contributed by atoms with Gasteiger partial charge in [0.15, 0.2) is 23.7 Å². The van der Waals surface area contributed by atoms with Gasteiger partial charge in [0.1, 0.15) is 36.0 Å². The van der Waals surface area contributed by atoms with Crippen LogP contribution in [0.1, 0.15) is 67.8 Å². The molecule has 13 nitrogen and oxygen atoms in total. The van der Waals surface area contributed by atoms with E-state index in [2.05, 4.69) is 20.9 Å². The monoisotopic (exact) mass is 643 g/mol. The van der Waals surface area contributed by atoms with Crippen LogP contribution in [0.3, 0.4) is 0 Å². The first kappa shape index (κ1) is 30.7. The van der Waals surface area contributed by atoms with Crippen LogP contribution in [0, 0.1) is 11.8 Å². The van der Waals surface area contributed by atoms with E-state index in [4.69, 9.17) is 23.6 Å². The summed E-state index contributed by atoms with van der Waals surface area (Å²) >= 11 is 0. The average Bonchev–Trinajstić information content (AvgIpc) is 3.83. The van der Waals surface area contributed by atoms with Gasteiger partial charge in [-0.3, -0.25) is 9.59 Å². The highest BCUT2D eigenvalue weighted by Crippen LogP contribution is 2.58. The highest BCUT2D eigenvalue weighted by Gasteiger charge is 2.61. The summed E-state index contributed by atoms with van der Waals surface area (Å²) in [6.45, 7) is 7.27. The minimum absolute atomic E-state index is 0.0277. The van der Waals surface area contributed by atoms with Gasteiger partial charge < -0.3 is 39.7 Å². The highest BCUT2D eigenvalue weighted by molar-refractivity contribution is 5.98. The van der Waals surface area contributed by atoms with Gasteiger partial charge in [-0.25, -0.2) is 14.8 Å². The van der Waals surface area contributed by atoms with E-state index < -0.39 is 53.7 Å². The van der Waals surface area contributed by atoms with Gasteiger partial charge in [-0.15, -0.1) is 0 Å². The first-order chi connectivity index (χ1) is 22.5. The molecule has 246 valence electrons. The molecule has 4 N–H and O–H groups in total. The standard InChI is InChI=1S/C34H37N5O8/c1-15(2)24-31-39-25(30-36-22(14-45-30)32(43)44-5)27(47-31)34-18-8-6-7-9-20(18)37-33(34)46-23-11-10-17(12-19(23)34)13-21(28(41)38-24)35-29(42)26(40)16(3)4/h6-12,15-16,21-22,24,26,33,37,40H,13-14H2,1-5H3,(H,35,42)(H,38,41)/t21-,22+,24-,26-,33-,34?/m0/s1. The van der Waals surface area contributed by atoms with Gasteiger partial charge in [-0.1, -0.05) is 58.0 Å². The van der Waals surface area contributed by atoms with Gasteiger partial charge in [-0.05, 0) is 35.1 Å². The molecule has 4 aliphatic heterocycles. The van der Waals surface area contributed by atoms with E-state index in [1.807, 2.05) is 56.3 Å². The number of amides is 2. The number of carbonyl (C=O) groups excluding carboxylic acids is 3. The fraction of sp³-hybridized carbons (Fsp3) is 0.441. The van der Waals surface area contributed by atoms with Crippen LogP contribution in [0.25, 0.3) is 0 Å². The number of fused-ring (bicyclic) bond motifs is 4. The van der Waals surface area contributed by atoms with Gasteiger partial charge in [0.2, 0.25) is 23.6 Å². The molecule has 1 aromatic heterocycles. The van der Waals surface area contributed by atoms with Crippen molar-refractivity contribution in [3.63, 3.8) is 0 Å². The Hall–Kier alpha value is -4.91. The maximum absolute atomic E-state index is 14.0. The summed E-state index contributed by atoms with van der Waals surface area (Å²) in [5, 5.41) is 19.8. The number of esters is 1. The van der Waals surface area contributed by atoms with Gasteiger partial charge in [0.05, 0.1) is 7.11 Å². The van der Waals surface area contributed by atoms with Crippen molar-refractivity contribution in [3.05, 3.63) is 76.5 Å². The number of aliphatic hydroxyl groups is 1. The molecule has 1 unspecified atom stereocenters. The number of anilines is 1. The Morgan fingerprint density at radius 2 is 1.89 bits per heavy atom. The molecule has 5 heterocycles. The zero-order chi connectivity index (χ0) is 33.2. The number of para-hydroxylation sites is 1. The van der Waals surface area contributed by atoms with Crippen molar-refractivity contribution < 1.29 is 38.1 Å². The van der Waals surface area contributed by atoms with Crippen molar-refractivity contribution in [2.24, 2.45) is 16.8 Å². The molecule has 0 radical (unpaired) electrons. The second-order valence-corrected chi connectivity index (χ2v) is 13.0. The molecule has 3 aromatic rings. The number of rotatable bonds is 6. The largest absolute Gasteiger partial charge is 0.473 e. The lowest BCUT2D eigenvalue weighted by molar-refractivity contribution is -0.142. The molecule has 4 aliphatic rings. The van der Waals surface area contributed by atoms with Crippen molar-refractivity contribution in [3.8, 4) is 5.75 Å². The third-order valence-electron chi connectivity index (χ3n) is 9.28. The van der Waals surface area contributed by atoms with Gasteiger partial charge in [0.25, 0.3) is 0 Å². The average molecular weight is 644 g/mol. The van der Waals surface area contributed by atoms with Crippen LogP contribution in [0.2, 0.25) is 0 Å². The molecule has 0 saturated carbocycles. The lowest BCUT2D eigenvalue weighted by atomic mass is 9.72. The summed E-state index contributed by atoms with van der Waals surface area (Å²) in [6, 6.07) is 10.8. The van der Waals surface area contributed by atoms with E-state index in [-0.39, 0.29) is 42.3 Å². The van der Waals surface area contributed by atoms with Crippen molar-refractivity contribution in [2.45, 2.75) is 70.0 Å². The van der Waals surface area contributed by atoms with E-state index in [1.54, 1.807) is 13.8 Å². The smallest absolute Gasteiger partial charge is 0.334 e. The second kappa shape index (κ2) is 11.4. The predicted molar refractivity (Wildman–Crippen MR) is 168 cm³/mol. The van der Waals surface area contributed by atoms with Crippen LogP contribution in [0.4, 0.5) is 5.69 Å². The Labute approximate surface area is 271 Å². The van der Waals surface area contributed by atoms with Crippen LogP contribution in [0.15, 0.2) is 51.9 Å². The van der Waals surface area contributed by atoms with E-state index in [0.717, 1.165) is 22.4 Å². The number of nitrogens with one attached hydrogen (secondary N) is 3. The number of oxazole rings is 1. The molecule has 4 bridgehead atoms. The molecule has 2 amide bonds. The second-order valence-electron chi connectivity index (χ2n) is 13.0. The van der Waals surface area contributed by atoms with E-state index in [0.29, 0.717) is 11.5 Å². The Balaban J connectivity index is 1.46. The van der Waals surface area contributed by atoms with Gasteiger partial charge in [-0.2, -0.15) is 0 Å². The Morgan fingerprint density at radius 3 is 2.64 bits per heavy atom. The van der Waals surface area contributed by atoms with E-state index in [1.165, 1.54) is 7.11 Å². The number of nitrogens with zero attached hydrogens (tertiary/aromatic N) is 2. The zero-order valence-corrected chi connectivity index (χ0v) is 26.7. The fourth-order valence-corrected chi connectivity index (χ4v) is 6.77. The molecule has 13 heteroatoms. The maximum atomic E-state index is 14.0. The first-order valence-corrected chi connectivity index (χ1v) is 15.8. The summed E-state index contributed by atoms with van der Waals surface area (Å²) in [5.74, 6) is -0.895. The number of ether oxygens (including phenoxy) is 3. The molecule has 0 aliphatic carbocycles. The molecule has 7 rings (SSSR count). The van der Waals surface area contributed by atoms with Crippen LogP contribution >= 0.6 is 0 Å². The fourth-order valence-electron chi connectivity index (χ4n) is 6.77. The number of aliphatic hydroxyl groups excluding tert-OH is 1. The first-order valence-electron chi connectivity index (χ1n) is 15.8. The normalized spacial score (nSPS) is 26.0. The van der Waals surface area contributed by atoms with Crippen molar-refractivity contribution in [1.82, 2.24) is 15.6 Å². The number of aromatic nitrogens is 1.